The van der Waals surface area contributed by atoms with Crippen LogP contribution in [0.3, 0.4) is 0 Å². The van der Waals surface area contributed by atoms with E-state index in [4.69, 9.17) is 5.10 Å². The molecule has 5 rings (SSSR count). The Bertz CT molecular complexity index is 1280. The maximum Gasteiger partial charge on any atom is 0.329 e. The highest BCUT2D eigenvalue weighted by atomic mass is 16.2. The number of imidazole rings is 1. The highest BCUT2D eigenvalue weighted by Crippen LogP contribution is 2.31. The Hall–Kier alpha value is -3.61. The molecule has 2 heterocycles. The van der Waals surface area contributed by atoms with Crippen LogP contribution in [-0.4, -0.2) is 24.8 Å². The van der Waals surface area contributed by atoms with Crippen LogP contribution >= 0.6 is 0 Å². The van der Waals surface area contributed by atoms with Crippen molar-refractivity contribution in [1.29, 1.82) is 0 Å². The number of aromatic nitrogens is 4. The number of nitrogens with one attached hydrogen (secondary N) is 1. The molecule has 7 nitrogen and oxygen atoms in total. The Morgan fingerprint density at radius 2 is 1.76 bits per heavy atom. The summed E-state index contributed by atoms with van der Waals surface area (Å²) in [6, 6.07) is 17.3. The van der Waals surface area contributed by atoms with Crippen molar-refractivity contribution in [2.45, 2.75) is 25.8 Å². The second-order valence-corrected chi connectivity index (χ2v) is 7.34. The van der Waals surface area contributed by atoms with Crippen LogP contribution in [-0.2, 0) is 31.2 Å². The number of carbonyl (C=O) groups is 1. The van der Waals surface area contributed by atoms with Gasteiger partial charge in [-0.1, -0.05) is 30.3 Å². The number of aryl methyl sites for hydroxylation is 2. The molecule has 0 bridgehead atoms. The van der Waals surface area contributed by atoms with E-state index in [9.17, 15) is 9.59 Å². The van der Waals surface area contributed by atoms with Crippen LogP contribution in [0.4, 0.5) is 5.82 Å². The van der Waals surface area contributed by atoms with Crippen molar-refractivity contribution in [1.82, 2.24) is 18.9 Å². The van der Waals surface area contributed by atoms with Crippen molar-refractivity contribution < 1.29 is 4.79 Å². The fourth-order valence-corrected chi connectivity index (χ4v) is 4.11. The summed E-state index contributed by atoms with van der Waals surface area (Å²) < 4.78 is 4.87. The number of benzene rings is 2. The standard InChI is InChI=1S/C22H21N5O2/c1-25-18-12-5-6-13-19(18)26(22(25)29)14-20(28)23-21-16-10-7-11-17(16)24-27(21)15-8-3-2-4-9-15/h2-6,8-9,12-13H,7,10-11,14H2,1H3,(H,23,28). The number of fused-ring (bicyclic) bond motifs is 2. The number of rotatable bonds is 4. The van der Waals surface area contributed by atoms with Gasteiger partial charge in [-0.25, -0.2) is 9.48 Å². The van der Waals surface area contributed by atoms with Gasteiger partial charge >= 0.3 is 5.69 Å². The summed E-state index contributed by atoms with van der Waals surface area (Å²) in [4.78, 5) is 25.6. The van der Waals surface area contributed by atoms with E-state index in [0.29, 0.717) is 5.82 Å². The van der Waals surface area contributed by atoms with E-state index in [0.717, 1.165) is 47.2 Å². The van der Waals surface area contributed by atoms with E-state index in [1.165, 1.54) is 4.57 Å². The molecule has 1 N–H and O–H groups in total. The van der Waals surface area contributed by atoms with Crippen molar-refractivity contribution in [3.63, 3.8) is 0 Å². The Morgan fingerprint density at radius 1 is 1.03 bits per heavy atom. The van der Waals surface area contributed by atoms with Gasteiger partial charge in [-0.15, -0.1) is 0 Å². The first-order valence-electron chi connectivity index (χ1n) is 9.74. The molecule has 0 radical (unpaired) electrons. The molecule has 146 valence electrons. The number of hydrogen-bond acceptors (Lipinski definition) is 3. The molecule has 1 aliphatic carbocycles. The normalized spacial score (nSPS) is 13.0. The molecule has 1 aliphatic rings. The van der Waals surface area contributed by atoms with Crippen molar-refractivity contribution >= 4 is 22.8 Å². The molecular formula is C22H21N5O2. The molecule has 2 aromatic carbocycles. The van der Waals surface area contributed by atoms with Crippen LogP contribution in [0.5, 0.6) is 0 Å². The second-order valence-electron chi connectivity index (χ2n) is 7.34. The topological polar surface area (TPSA) is 73.8 Å². The second kappa shape index (κ2) is 6.77. The molecule has 0 saturated carbocycles. The highest BCUT2D eigenvalue weighted by Gasteiger charge is 2.24. The van der Waals surface area contributed by atoms with E-state index in [1.54, 1.807) is 16.3 Å². The summed E-state index contributed by atoms with van der Waals surface area (Å²) >= 11 is 0. The average Bonchev–Trinajstić information content (AvgIpc) is 3.40. The van der Waals surface area contributed by atoms with Crippen molar-refractivity contribution in [2.75, 3.05) is 5.32 Å². The summed E-state index contributed by atoms with van der Waals surface area (Å²) in [7, 11) is 1.72. The molecule has 0 aliphatic heterocycles. The molecule has 29 heavy (non-hydrogen) atoms. The molecule has 7 heteroatoms. The zero-order valence-electron chi connectivity index (χ0n) is 16.1. The van der Waals surface area contributed by atoms with Gasteiger partial charge in [-0.2, -0.15) is 5.10 Å². The van der Waals surface area contributed by atoms with E-state index in [2.05, 4.69) is 5.32 Å². The SMILES string of the molecule is Cn1c(=O)n(CC(=O)Nc2c3c(nn2-c2ccccc2)CCC3)c2ccccc21. The lowest BCUT2D eigenvalue weighted by molar-refractivity contribution is -0.116. The van der Waals surface area contributed by atoms with E-state index < -0.39 is 0 Å². The van der Waals surface area contributed by atoms with Crippen molar-refractivity contribution in [3.05, 3.63) is 76.3 Å². The molecule has 1 amide bonds. The number of nitrogens with zero attached hydrogens (tertiary/aromatic N) is 4. The number of carbonyl (C=O) groups excluding carboxylic acids is 1. The van der Waals surface area contributed by atoms with Gasteiger partial charge in [0.1, 0.15) is 12.4 Å². The zero-order valence-corrected chi connectivity index (χ0v) is 16.1. The maximum absolute atomic E-state index is 12.9. The summed E-state index contributed by atoms with van der Waals surface area (Å²) in [6.07, 6.45) is 2.85. The minimum absolute atomic E-state index is 0.0467. The van der Waals surface area contributed by atoms with Gasteiger partial charge in [0.2, 0.25) is 5.91 Å². The average molecular weight is 387 g/mol. The predicted octanol–water partition coefficient (Wildman–Crippen LogP) is 2.65. The third-order valence-electron chi connectivity index (χ3n) is 5.52. The smallest absolute Gasteiger partial charge is 0.309 e. The van der Waals surface area contributed by atoms with Gasteiger partial charge in [-0.3, -0.25) is 13.9 Å². The molecule has 0 spiro atoms. The lowest BCUT2D eigenvalue weighted by Gasteiger charge is -2.11. The number of amides is 1. The zero-order chi connectivity index (χ0) is 20.0. The molecule has 0 atom stereocenters. The fourth-order valence-electron chi connectivity index (χ4n) is 4.11. The predicted molar refractivity (Wildman–Crippen MR) is 111 cm³/mol. The lowest BCUT2D eigenvalue weighted by atomic mass is 10.2. The number of hydrogen-bond donors (Lipinski definition) is 1. The summed E-state index contributed by atoms with van der Waals surface area (Å²) in [5.41, 5.74) is 4.37. The highest BCUT2D eigenvalue weighted by molar-refractivity contribution is 5.92. The van der Waals surface area contributed by atoms with Gasteiger partial charge in [0.15, 0.2) is 0 Å². The van der Waals surface area contributed by atoms with Gasteiger partial charge < -0.3 is 5.32 Å². The maximum atomic E-state index is 12.9. The van der Waals surface area contributed by atoms with Crippen molar-refractivity contribution in [2.24, 2.45) is 7.05 Å². The summed E-state index contributed by atoms with van der Waals surface area (Å²) in [5.74, 6) is 0.470. The van der Waals surface area contributed by atoms with E-state index in [1.807, 2.05) is 54.6 Å². The van der Waals surface area contributed by atoms with E-state index in [-0.39, 0.29) is 18.1 Å². The third kappa shape index (κ3) is 2.86. The Morgan fingerprint density at radius 3 is 2.55 bits per heavy atom. The van der Waals surface area contributed by atoms with Crippen LogP contribution < -0.4 is 11.0 Å². The van der Waals surface area contributed by atoms with Crippen LogP contribution in [0.25, 0.3) is 16.7 Å². The van der Waals surface area contributed by atoms with Gasteiger partial charge in [0, 0.05) is 12.6 Å². The third-order valence-corrected chi connectivity index (χ3v) is 5.52. The molecule has 0 unspecified atom stereocenters. The quantitative estimate of drug-likeness (QED) is 0.585. The van der Waals surface area contributed by atoms with Crippen LogP contribution in [0, 0.1) is 0 Å². The van der Waals surface area contributed by atoms with Crippen LogP contribution in [0.15, 0.2) is 59.4 Å². The van der Waals surface area contributed by atoms with Crippen LogP contribution in [0.1, 0.15) is 17.7 Å². The Labute approximate surface area is 167 Å². The first-order valence-corrected chi connectivity index (χ1v) is 9.74. The minimum atomic E-state index is -0.241. The summed E-state index contributed by atoms with van der Waals surface area (Å²) in [6.45, 7) is -0.0467. The van der Waals surface area contributed by atoms with Gasteiger partial charge in [-0.05, 0) is 43.5 Å². The van der Waals surface area contributed by atoms with Gasteiger partial charge in [0.05, 0.1) is 22.4 Å². The molecule has 2 aromatic heterocycles. The minimum Gasteiger partial charge on any atom is -0.309 e. The molecule has 0 fully saturated rings. The fraction of sp³-hybridized carbons (Fsp3) is 0.227. The summed E-state index contributed by atoms with van der Waals surface area (Å²) in [5, 5.41) is 7.75. The largest absolute Gasteiger partial charge is 0.329 e. The first-order chi connectivity index (χ1) is 14.1. The molecular weight excluding hydrogens is 366 g/mol. The first kappa shape index (κ1) is 17.5. The Kier molecular flexibility index (Phi) is 4.08. The molecule has 4 aromatic rings. The molecule has 0 saturated heterocycles. The van der Waals surface area contributed by atoms with E-state index >= 15 is 0 Å². The van der Waals surface area contributed by atoms with Crippen molar-refractivity contribution in [3.8, 4) is 5.69 Å². The lowest BCUT2D eigenvalue weighted by Crippen LogP contribution is -2.29. The number of para-hydroxylation sites is 3. The Balaban J connectivity index is 1.50. The number of anilines is 1. The monoisotopic (exact) mass is 387 g/mol. The van der Waals surface area contributed by atoms with Gasteiger partial charge in [0.25, 0.3) is 0 Å². The van der Waals surface area contributed by atoms with Crippen LogP contribution in [0.2, 0.25) is 0 Å².